The van der Waals surface area contributed by atoms with Crippen molar-refractivity contribution >= 4 is 29.1 Å². The van der Waals surface area contributed by atoms with Gasteiger partial charge in [0.25, 0.3) is 0 Å². The van der Waals surface area contributed by atoms with Crippen LogP contribution in [0.5, 0.6) is 0 Å². The Bertz CT molecular complexity index is 541. The lowest BCUT2D eigenvalue weighted by Crippen LogP contribution is -2.25. The molecule has 2 rings (SSSR count). The van der Waals surface area contributed by atoms with Gasteiger partial charge in [0.1, 0.15) is 0 Å². The number of hydrogen-bond acceptors (Lipinski definition) is 4. The largest absolute Gasteiger partial charge is 0.388 e. The van der Waals surface area contributed by atoms with E-state index in [0.717, 1.165) is 5.69 Å². The van der Waals surface area contributed by atoms with Crippen molar-refractivity contribution < 1.29 is 0 Å². The molecule has 3 N–H and O–H groups in total. The number of hydrogen-bond donors (Lipinski definition) is 2. The van der Waals surface area contributed by atoms with Crippen molar-refractivity contribution in [1.82, 2.24) is 9.97 Å². The van der Waals surface area contributed by atoms with E-state index in [1.54, 1.807) is 12.4 Å². The first-order chi connectivity index (χ1) is 9.16. The van der Waals surface area contributed by atoms with E-state index in [0.29, 0.717) is 23.9 Å². The van der Waals surface area contributed by atoms with E-state index < -0.39 is 0 Å². The fourth-order valence-corrected chi connectivity index (χ4v) is 1.73. The Kier molecular flexibility index (Phi) is 4.30. The van der Waals surface area contributed by atoms with Gasteiger partial charge in [-0.3, -0.25) is 5.41 Å². The first-order valence-corrected chi connectivity index (χ1v) is 6.17. The molecule has 0 unspecified atom stereocenters. The number of benzene rings is 1. The number of amidine groups is 1. The molecule has 1 aromatic heterocycles. The predicted molar refractivity (Wildman–Crippen MR) is 77.0 cm³/mol. The van der Waals surface area contributed by atoms with E-state index in [1.807, 2.05) is 35.2 Å². The maximum Gasteiger partial charge on any atom is 0.229 e. The fourth-order valence-electron chi connectivity index (χ4n) is 1.63. The minimum atomic E-state index is 0.134. The number of para-hydroxylation sites is 1. The summed E-state index contributed by atoms with van der Waals surface area (Å²) in [6.45, 7) is 0.543. The Morgan fingerprint density at radius 3 is 2.42 bits per heavy atom. The summed E-state index contributed by atoms with van der Waals surface area (Å²) in [4.78, 5) is 10.3. The molecule has 0 bridgehead atoms. The highest BCUT2D eigenvalue weighted by atomic mass is 35.5. The minimum Gasteiger partial charge on any atom is -0.388 e. The zero-order valence-electron chi connectivity index (χ0n) is 10.3. The third-order valence-electron chi connectivity index (χ3n) is 2.52. The van der Waals surface area contributed by atoms with Crippen LogP contribution in [0.4, 0.5) is 11.6 Å². The van der Waals surface area contributed by atoms with Gasteiger partial charge in [0.15, 0.2) is 0 Å². The van der Waals surface area contributed by atoms with Crippen LogP contribution in [0, 0.1) is 5.41 Å². The molecule has 1 aromatic carbocycles. The molecule has 0 saturated heterocycles. The molecule has 2 aromatic rings. The van der Waals surface area contributed by atoms with E-state index in [2.05, 4.69) is 9.97 Å². The lowest BCUT2D eigenvalue weighted by Gasteiger charge is -2.22. The standard InChI is InChI=1S/C13H14ClN5/c14-10-8-17-13(18-9-10)19(7-6-12(15)16)11-4-2-1-3-5-11/h1-5,8-9H,6-7H2,(H3,15,16). The molecule has 1 heterocycles. The average molecular weight is 276 g/mol. The molecular weight excluding hydrogens is 262 g/mol. The monoisotopic (exact) mass is 275 g/mol. The van der Waals surface area contributed by atoms with Crippen LogP contribution in [-0.2, 0) is 0 Å². The van der Waals surface area contributed by atoms with Crippen LogP contribution in [0.1, 0.15) is 6.42 Å². The number of rotatable bonds is 5. The lowest BCUT2D eigenvalue weighted by atomic mass is 10.2. The highest BCUT2D eigenvalue weighted by Gasteiger charge is 2.12. The molecule has 0 aliphatic rings. The van der Waals surface area contributed by atoms with Gasteiger partial charge in [-0.1, -0.05) is 29.8 Å². The second kappa shape index (κ2) is 6.15. The van der Waals surface area contributed by atoms with Crippen molar-refractivity contribution in [2.24, 2.45) is 5.73 Å². The summed E-state index contributed by atoms with van der Waals surface area (Å²) in [5.74, 6) is 0.673. The Balaban J connectivity index is 2.28. The zero-order valence-corrected chi connectivity index (χ0v) is 11.0. The first-order valence-electron chi connectivity index (χ1n) is 5.80. The Morgan fingerprint density at radius 2 is 1.84 bits per heavy atom. The highest BCUT2D eigenvalue weighted by molar-refractivity contribution is 6.30. The lowest BCUT2D eigenvalue weighted by molar-refractivity contribution is 0.903. The normalized spacial score (nSPS) is 10.2. The van der Waals surface area contributed by atoms with Crippen LogP contribution >= 0.6 is 11.6 Å². The molecular formula is C13H14ClN5. The molecule has 5 nitrogen and oxygen atoms in total. The van der Waals surface area contributed by atoms with Crippen LogP contribution in [0.2, 0.25) is 5.02 Å². The first kappa shape index (κ1) is 13.3. The van der Waals surface area contributed by atoms with Crippen molar-refractivity contribution in [2.75, 3.05) is 11.4 Å². The van der Waals surface area contributed by atoms with Crippen LogP contribution < -0.4 is 10.6 Å². The van der Waals surface area contributed by atoms with Crippen molar-refractivity contribution in [3.63, 3.8) is 0 Å². The summed E-state index contributed by atoms with van der Waals surface area (Å²) >= 11 is 5.79. The smallest absolute Gasteiger partial charge is 0.229 e. The van der Waals surface area contributed by atoms with Crippen LogP contribution in [0.3, 0.4) is 0 Å². The molecule has 0 amide bonds. The van der Waals surface area contributed by atoms with Gasteiger partial charge in [-0.05, 0) is 12.1 Å². The van der Waals surface area contributed by atoms with Crippen molar-refractivity contribution in [2.45, 2.75) is 6.42 Å². The molecule has 0 aliphatic heterocycles. The number of aromatic nitrogens is 2. The summed E-state index contributed by atoms with van der Waals surface area (Å²) < 4.78 is 0. The molecule has 0 radical (unpaired) electrons. The second-order valence-electron chi connectivity index (χ2n) is 3.96. The maximum absolute atomic E-state index is 7.34. The van der Waals surface area contributed by atoms with E-state index in [9.17, 15) is 0 Å². The summed E-state index contributed by atoms with van der Waals surface area (Å²) in [6, 6.07) is 9.73. The molecule has 6 heteroatoms. The SMILES string of the molecule is N=C(N)CCN(c1ccccc1)c1ncc(Cl)cn1. The van der Waals surface area contributed by atoms with Crippen molar-refractivity contribution in [3.8, 4) is 0 Å². The Labute approximate surface area is 116 Å². The summed E-state index contributed by atoms with van der Waals surface area (Å²) in [7, 11) is 0. The van der Waals surface area contributed by atoms with Gasteiger partial charge in [-0.25, -0.2) is 9.97 Å². The van der Waals surface area contributed by atoms with Gasteiger partial charge in [-0.15, -0.1) is 0 Å². The molecule has 0 saturated carbocycles. The third-order valence-corrected chi connectivity index (χ3v) is 2.72. The van der Waals surface area contributed by atoms with Crippen molar-refractivity contribution in [3.05, 3.63) is 47.7 Å². The van der Waals surface area contributed by atoms with Gasteiger partial charge in [0.2, 0.25) is 5.95 Å². The summed E-state index contributed by atoms with van der Waals surface area (Å²) in [5.41, 5.74) is 6.37. The molecule has 0 fully saturated rings. The van der Waals surface area contributed by atoms with Gasteiger partial charge in [-0.2, -0.15) is 0 Å². The highest BCUT2D eigenvalue weighted by Crippen LogP contribution is 2.22. The molecule has 98 valence electrons. The van der Waals surface area contributed by atoms with Crippen LogP contribution in [-0.4, -0.2) is 22.3 Å². The van der Waals surface area contributed by atoms with Gasteiger partial charge in [0, 0.05) is 18.7 Å². The van der Waals surface area contributed by atoms with Crippen LogP contribution in [0.15, 0.2) is 42.7 Å². The van der Waals surface area contributed by atoms with E-state index in [1.165, 1.54) is 0 Å². The van der Waals surface area contributed by atoms with E-state index in [-0.39, 0.29) is 5.84 Å². The molecule has 0 aliphatic carbocycles. The second-order valence-corrected chi connectivity index (χ2v) is 4.40. The average Bonchev–Trinajstić information content (AvgIpc) is 2.42. The number of nitrogens with zero attached hydrogens (tertiary/aromatic N) is 3. The number of nitrogens with one attached hydrogen (secondary N) is 1. The Hall–Kier alpha value is -2.14. The topological polar surface area (TPSA) is 78.9 Å². The predicted octanol–water partition coefficient (Wildman–Crippen LogP) is 2.59. The molecule has 0 atom stereocenters. The summed E-state index contributed by atoms with van der Waals surface area (Å²) in [5, 5.41) is 7.83. The van der Waals surface area contributed by atoms with Crippen molar-refractivity contribution in [1.29, 1.82) is 5.41 Å². The quantitative estimate of drug-likeness (QED) is 0.649. The Morgan fingerprint density at radius 1 is 1.21 bits per heavy atom. The minimum absolute atomic E-state index is 0.134. The van der Waals surface area contributed by atoms with E-state index in [4.69, 9.17) is 22.7 Å². The van der Waals surface area contributed by atoms with Gasteiger partial charge < -0.3 is 10.6 Å². The molecule has 19 heavy (non-hydrogen) atoms. The van der Waals surface area contributed by atoms with E-state index >= 15 is 0 Å². The number of halogens is 1. The van der Waals surface area contributed by atoms with Gasteiger partial charge in [0.05, 0.1) is 23.3 Å². The third kappa shape index (κ3) is 3.66. The maximum atomic E-state index is 7.34. The number of anilines is 2. The zero-order chi connectivity index (χ0) is 13.7. The summed E-state index contributed by atoms with van der Waals surface area (Å²) in [6.07, 6.45) is 3.54. The van der Waals surface area contributed by atoms with Crippen LogP contribution in [0.25, 0.3) is 0 Å². The van der Waals surface area contributed by atoms with Gasteiger partial charge >= 0.3 is 0 Å². The number of nitrogens with two attached hydrogens (primary N) is 1. The fraction of sp³-hybridized carbons (Fsp3) is 0.154. The molecule has 0 spiro atoms.